The van der Waals surface area contributed by atoms with E-state index in [4.69, 9.17) is 4.98 Å². The maximum Gasteiger partial charge on any atom is 0.223 e. The molecule has 3 nitrogen and oxygen atoms in total. The summed E-state index contributed by atoms with van der Waals surface area (Å²) in [6.45, 7) is 6.00. The molecule has 1 aromatic rings. The molecular formula is C17H24N2OS. The van der Waals surface area contributed by atoms with Crippen LogP contribution in [0.2, 0.25) is 0 Å². The second kappa shape index (κ2) is 6.30. The number of piperidine rings is 1. The lowest BCUT2D eigenvalue weighted by Gasteiger charge is -2.32. The molecule has 1 fully saturated rings. The number of likely N-dealkylation sites (tertiary alicyclic amines) is 1. The van der Waals surface area contributed by atoms with Crippen molar-refractivity contribution in [3.05, 3.63) is 27.7 Å². The van der Waals surface area contributed by atoms with E-state index in [0.29, 0.717) is 24.2 Å². The van der Waals surface area contributed by atoms with Crippen molar-refractivity contribution in [3.63, 3.8) is 0 Å². The van der Waals surface area contributed by atoms with Crippen LogP contribution >= 0.6 is 11.3 Å². The van der Waals surface area contributed by atoms with Crippen LogP contribution in [0.5, 0.6) is 0 Å². The van der Waals surface area contributed by atoms with E-state index in [0.717, 1.165) is 38.0 Å². The Morgan fingerprint density at radius 2 is 2.29 bits per heavy atom. The number of carbonyl (C=O) groups is 1. The first-order valence-electron chi connectivity index (χ1n) is 8.02. The third kappa shape index (κ3) is 3.37. The zero-order valence-corrected chi connectivity index (χ0v) is 13.8. The number of carbonyl (C=O) groups excluding carboxylic acids is 1. The van der Waals surface area contributed by atoms with Crippen LogP contribution < -0.4 is 0 Å². The summed E-state index contributed by atoms with van der Waals surface area (Å²) < 4.78 is 0. The van der Waals surface area contributed by atoms with Gasteiger partial charge in [-0.05, 0) is 45.4 Å². The number of nitrogens with zero attached hydrogens (tertiary/aromatic N) is 2. The van der Waals surface area contributed by atoms with Crippen LogP contribution in [0.3, 0.4) is 0 Å². The van der Waals surface area contributed by atoms with E-state index in [1.165, 1.54) is 16.3 Å². The van der Waals surface area contributed by atoms with Crippen molar-refractivity contribution in [1.29, 1.82) is 0 Å². The Bertz CT molecular complexity index is 529. The lowest BCUT2D eigenvalue weighted by Crippen LogP contribution is -2.39. The van der Waals surface area contributed by atoms with Crippen LogP contribution in [0.4, 0.5) is 0 Å². The third-order valence-electron chi connectivity index (χ3n) is 4.72. The number of hydrogen-bond acceptors (Lipinski definition) is 3. The molecular weight excluding hydrogens is 280 g/mol. The van der Waals surface area contributed by atoms with Crippen molar-refractivity contribution in [3.8, 4) is 0 Å². The summed E-state index contributed by atoms with van der Waals surface area (Å²) >= 11 is 1.81. The van der Waals surface area contributed by atoms with Crippen LogP contribution in [0, 0.1) is 19.8 Å². The number of aromatic nitrogens is 1. The van der Waals surface area contributed by atoms with Gasteiger partial charge in [0.25, 0.3) is 0 Å². The molecule has 1 amide bonds. The average Bonchev–Trinajstić information content (AvgIpc) is 3.10. The summed E-state index contributed by atoms with van der Waals surface area (Å²) in [4.78, 5) is 20.6. The molecule has 0 bridgehead atoms. The molecule has 0 N–H and O–H groups in total. The zero-order chi connectivity index (χ0) is 14.8. The fourth-order valence-electron chi connectivity index (χ4n) is 3.30. The van der Waals surface area contributed by atoms with Gasteiger partial charge in [0.05, 0.1) is 10.7 Å². The molecule has 0 spiro atoms. The number of rotatable bonds is 3. The van der Waals surface area contributed by atoms with Crippen molar-refractivity contribution >= 4 is 17.2 Å². The van der Waals surface area contributed by atoms with Gasteiger partial charge in [-0.2, -0.15) is 0 Å². The molecule has 4 heteroatoms. The molecule has 0 aromatic carbocycles. The Labute approximate surface area is 131 Å². The first kappa shape index (κ1) is 14.8. The van der Waals surface area contributed by atoms with Crippen molar-refractivity contribution < 1.29 is 4.79 Å². The van der Waals surface area contributed by atoms with Gasteiger partial charge in [-0.3, -0.25) is 4.79 Å². The van der Waals surface area contributed by atoms with Gasteiger partial charge < -0.3 is 4.90 Å². The van der Waals surface area contributed by atoms with Crippen molar-refractivity contribution in [2.75, 3.05) is 13.1 Å². The predicted molar refractivity (Wildman–Crippen MR) is 86.6 cm³/mol. The van der Waals surface area contributed by atoms with Crippen molar-refractivity contribution in [1.82, 2.24) is 9.88 Å². The van der Waals surface area contributed by atoms with Crippen LogP contribution in [0.1, 0.15) is 53.6 Å². The molecule has 2 atom stereocenters. The summed E-state index contributed by atoms with van der Waals surface area (Å²) in [6.07, 6.45) is 9.67. The monoisotopic (exact) mass is 304 g/mol. The minimum absolute atomic E-state index is 0.334. The number of allylic oxidation sites excluding steroid dienone is 2. The third-order valence-corrected chi connectivity index (χ3v) is 5.95. The summed E-state index contributed by atoms with van der Waals surface area (Å²) in [7, 11) is 0. The number of aryl methyl sites for hydroxylation is 2. The maximum absolute atomic E-state index is 12.5. The number of thiazole rings is 1. The standard InChI is InChI=1S/C17H24N2OS/c1-12-13(2)21-17(18-12)15-8-5-9-19(11-15)16(20)10-14-6-3-4-7-14/h3,6,14-15H,4-5,7-11H2,1-2H3/t14-,15-/m1/s1. The van der Waals surface area contributed by atoms with E-state index in [1.54, 1.807) is 0 Å². The second-order valence-electron chi connectivity index (χ2n) is 6.34. The van der Waals surface area contributed by atoms with Crippen molar-refractivity contribution in [2.24, 2.45) is 5.92 Å². The molecule has 2 heterocycles. The average molecular weight is 304 g/mol. The largest absolute Gasteiger partial charge is 0.342 e. The van der Waals surface area contributed by atoms with Gasteiger partial charge in [0.1, 0.15) is 0 Å². The zero-order valence-electron chi connectivity index (χ0n) is 13.0. The topological polar surface area (TPSA) is 33.2 Å². The van der Waals surface area contributed by atoms with Crippen LogP contribution in [0.25, 0.3) is 0 Å². The maximum atomic E-state index is 12.5. The number of hydrogen-bond donors (Lipinski definition) is 0. The molecule has 1 aliphatic heterocycles. The van der Waals surface area contributed by atoms with Gasteiger partial charge in [-0.1, -0.05) is 12.2 Å². The highest BCUT2D eigenvalue weighted by Crippen LogP contribution is 2.32. The normalized spacial score (nSPS) is 25.5. The van der Waals surface area contributed by atoms with Gasteiger partial charge in [0.15, 0.2) is 0 Å². The summed E-state index contributed by atoms with van der Waals surface area (Å²) in [5.74, 6) is 1.25. The van der Waals surface area contributed by atoms with Gasteiger partial charge in [-0.15, -0.1) is 11.3 Å². The Kier molecular flexibility index (Phi) is 4.43. The van der Waals surface area contributed by atoms with E-state index in [9.17, 15) is 4.79 Å². The molecule has 1 aliphatic carbocycles. The Morgan fingerprint density at radius 3 is 2.95 bits per heavy atom. The lowest BCUT2D eigenvalue weighted by atomic mass is 9.97. The van der Waals surface area contributed by atoms with Gasteiger partial charge in [0.2, 0.25) is 5.91 Å². The van der Waals surface area contributed by atoms with E-state index >= 15 is 0 Å². The molecule has 0 saturated carbocycles. The summed E-state index contributed by atoms with van der Waals surface area (Å²) in [5, 5.41) is 1.23. The highest BCUT2D eigenvalue weighted by molar-refractivity contribution is 7.11. The van der Waals surface area contributed by atoms with Gasteiger partial charge in [-0.25, -0.2) is 4.98 Å². The SMILES string of the molecule is Cc1nc([C@@H]2CCCN(C(=O)C[C@@H]3C=CCC3)C2)sc1C. The first-order valence-corrected chi connectivity index (χ1v) is 8.83. The van der Waals surface area contributed by atoms with Gasteiger partial charge >= 0.3 is 0 Å². The summed E-state index contributed by atoms with van der Waals surface area (Å²) in [5.41, 5.74) is 1.15. The molecule has 1 saturated heterocycles. The highest BCUT2D eigenvalue weighted by Gasteiger charge is 2.28. The van der Waals surface area contributed by atoms with E-state index < -0.39 is 0 Å². The van der Waals surface area contributed by atoms with E-state index in [2.05, 4.69) is 30.9 Å². The van der Waals surface area contributed by atoms with Crippen LogP contribution in [-0.4, -0.2) is 28.9 Å². The molecule has 21 heavy (non-hydrogen) atoms. The fourth-order valence-corrected chi connectivity index (χ4v) is 4.34. The smallest absolute Gasteiger partial charge is 0.223 e. The number of amides is 1. The predicted octanol–water partition coefficient (Wildman–Crippen LogP) is 3.82. The Hall–Kier alpha value is -1.16. The van der Waals surface area contributed by atoms with Crippen LogP contribution in [0.15, 0.2) is 12.2 Å². The first-order chi connectivity index (χ1) is 10.1. The molecule has 114 valence electrons. The molecule has 0 radical (unpaired) electrons. The van der Waals surface area contributed by atoms with Crippen molar-refractivity contribution in [2.45, 2.75) is 51.9 Å². The molecule has 0 unspecified atom stereocenters. The molecule has 2 aliphatic rings. The second-order valence-corrected chi connectivity index (χ2v) is 7.58. The highest BCUT2D eigenvalue weighted by atomic mass is 32.1. The van der Waals surface area contributed by atoms with E-state index in [-0.39, 0.29) is 0 Å². The quantitative estimate of drug-likeness (QED) is 0.795. The Morgan fingerprint density at radius 1 is 1.43 bits per heavy atom. The van der Waals surface area contributed by atoms with Gasteiger partial charge in [0, 0.05) is 30.3 Å². The molecule has 1 aromatic heterocycles. The van der Waals surface area contributed by atoms with E-state index in [1.807, 2.05) is 11.3 Å². The Balaban J connectivity index is 1.62. The lowest BCUT2D eigenvalue weighted by molar-refractivity contribution is -0.133. The molecule has 3 rings (SSSR count). The fraction of sp³-hybridized carbons (Fsp3) is 0.647. The summed E-state index contributed by atoms with van der Waals surface area (Å²) in [6, 6.07) is 0. The minimum Gasteiger partial charge on any atom is -0.342 e. The minimum atomic E-state index is 0.334. The van der Waals surface area contributed by atoms with Crippen LogP contribution in [-0.2, 0) is 4.79 Å².